The van der Waals surface area contributed by atoms with E-state index in [-0.39, 0.29) is 18.4 Å². The molecule has 0 aromatic rings. The Morgan fingerprint density at radius 3 is 2.93 bits per heavy atom. The molecule has 1 rings (SSSR count). The van der Waals surface area contributed by atoms with E-state index >= 15 is 0 Å². The van der Waals surface area contributed by atoms with Gasteiger partial charge >= 0.3 is 0 Å². The first kappa shape index (κ1) is 11.5. The van der Waals surface area contributed by atoms with Gasteiger partial charge in [-0.05, 0) is 12.8 Å². The van der Waals surface area contributed by atoms with E-state index < -0.39 is 0 Å². The molecule has 2 amide bonds. The molecule has 0 aromatic carbocycles. The van der Waals surface area contributed by atoms with Crippen molar-refractivity contribution in [2.75, 3.05) is 25.0 Å². The first-order valence-electron chi connectivity index (χ1n) is 4.84. The molecule has 14 heavy (non-hydrogen) atoms. The fraction of sp³-hybridized carbons (Fsp3) is 0.778. The molecule has 0 aromatic heterocycles. The number of hydrogen-bond acceptors (Lipinski definition) is 2. The molecule has 1 N–H and O–H groups in total. The SMILES string of the molecule is O=C1CN(C(=O)CCCCBr)CCN1. The second-order valence-corrected chi connectivity index (χ2v) is 4.10. The highest BCUT2D eigenvalue weighted by Gasteiger charge is 2.19. The summed E-state index contributed by atoms with van der Waals surface area (Å²) in [5.74, 6) is 0.0471. The van der Waals surface area contributed by atoms with Gasteiger partial charge in [0.15, 0.2) is 0 Å². The lowest BCUT2D eigenvalue weighted by Crippen LogP contribution is -2.49. The van der Waals surface area contributed by atoms with E-state index in [0.29, 0.717) is 19.5 Å². The maximum absolute atomic E-state index is 11.5. The van der Waals surface area contributed by atoms with E-state index in [1.807, 2.05) is 0 Å². The van der Waals surface area contributed by atoms with Crippen molar-refractivity contribution in [2.45, 2.75) is 19.3 Å². The van der Waals surface area contributed by atoms with E-state index in [1.54, 1.807) is 4.90 Å². The first-order valence-corrected chi connectivity index (χ1v) is 5.96. The van der Waals surface area contributed by atoms with Crippen LogP contribution in [0.5, 0.6) is 0 Å². The number of nitrogens with zero attached hydrogens (tertiary/aromatic N) is 1. The van der Waals surface area contributed by atoms with Crippen LogP contribution in [-0.4, -0.2) is 41.7 Å². The van der Waals surface area contributed by atoms with Gasteiger partial charge in [-0.1, -0.05) is 15.9 Å². The van der Waals surface area contributed by atoms with Gasteiger partial charge in [0.1, 0.15) is 0 Å². The lowest BCUT2D eigenvalue weighted by Gasteiger charge is -2.26. The molecular weight excluding hydrogens is 248 g/mol. The van der Waals surface area contributed by atoms with Gasteiger partial charge in [0, 0.05) is 24.8 Å². The van der Waals surface area contributed by atoms with E-state index in [1.165, 1.54) is 0 Å². The van der Waals surface area contributed by atoms with Crippen molar-refractivity contribution >= 4 is 27.7 Å². The Kier molecular flexibility index (Phi) is 4.93. The molecule has 1 fully saturated rings. The van der Waals surface area contributed by atoms with Crippen LogP contribution < -0.4 is 5.32 Å². The Bertz CT molecular complexity index is 221. The van der Waals surface area contributed by atoms with Gasteiger partial charge in [0.25, 0.3) is 0 Å². The van der Waals surface area contributed by atoms with Crippen LogP contribution in [0, 0.1) is 0 Å². The van der Waals surface area contributed by atoms with Gasteiger partial charge in [-0.25, -0.2) is 0 Å². The summed E-state index contributed by atoms with van der Waals surface area (Å²) in [6, 6.07) is 0. The Morgan fingerprint density at radius 1 is 1.50 bits per heavy atom. The van der Waals surface area contributed by atoms with Gasteiger partial charge in [0.2, 0.25) is 11.8 Å². The molecule has 1 aliphatic heterocycles. The zero-order valence-electron chi connectivity index (χ0n) is 8.09. The fourth-order valence-corrected chi connectivity index (χ4v) is 1.78. The summed E-state index contributed by atoms with van der Waals surface area (Å²) in [4.78, 5) is 24.2. The molecule has 1 aliphatic rings. The van der Waals surface area contributed by atoms with Crippen LogP contribution in [0.2, 0.25) is 0 Å². The van der Waals surface area contributed by atoms with Crippen LogP contribution in [-0.2, 0) is 9.59 Å². The number of amides is 2. The Balaban J connectivity index is 2.25. The molecule has 0 aliphatic carbocycles. The summed E-state index contributed by atoms with van der Waals surface area (Å²) >= 11 is 3.32. The van der Waals surface area contributed by atoms with Gasteiger partial charge in [-0.15, -0.1) is 0 Å². The van der Waals surface area contributed by atoms with Crippen LogP contribution in [0.4, 0.5) is 0 Å². The lowest BCUT2D eigenvalue weighted by molar-refractivity contribution is -0.138. The summed E-state index contributed by atoms with van der Waals surface area (Å²) < 4.78 is 0. The minimum Gasteiger partial charge on any atom is -0.353 e. The third-order valence-electron chi connectivity index (χ3n) is 2.17. The highest BCUT2D eigenvalue weighted by Crippen LogP contribution is 2.04. The molecular formula is C9H15BrN2O2. The number of halogens is 1. The Labute approximate surface area is 92.2 Å². The fourth-order valence-electron chi connectivity index (χ4n) is 1.38. The normalized spacial score (nSPS) is 16.6. The van der Waals surface area contributed by atoms with Crippen LogP contribution in [0.3, 0.4) is 0 Å². The van der Waals surface area contributed by atoms with Crippen LogP contribution in [0.15, 0.2) is 0 Å². The lowest BCUT2D eigenvalue weighted by atomic mass is 10.2. The average Bonchev–Trinajstić information content (AvgIpc) is 2.18. The smallest absolute Gasteiger partial charge is 0.239 e. The maximum Gasteiger partial charge on any atom is 0.239 e. The number of alkyl halides is 1. The maximum atomic E-state index is 11.5. The molecule has 1 saturated heterocycles. The van der Waals surface area contributed by atoms with Gasteiger partial charge < -0.3 is 10.2 Å². The summed E-state index contributed by atoms with van der Waals surface area (Å²) in [5.41, 5.74) is 0. The minimum absolute atomic E-state index is 0.0508. The van der Waals surface area contributed by atoms with E-state index in [9.17, 15) is 9.59 Å². The van der Waals surface area contributed by atoms with Crippen molar-refractivity contribution in [1.29, 1.82) is 0 Å². The zero-order chi connectivity index (χ0) is 10.4. The number of nitrogens with one attached hydrogen (secondary N) is 1. The quantitative estimate of drug-likeness (QED) is 0.593. The van der Waals surface area contributed by atoms with Crippen LogP contribution in [0.25, 0.3) is 0 Å². The Hall–Kier alpha value is -0.580. The predicted octanol–water partition coefficient (Wildman–Crippen LogP) is 0.510. The van der Waals surface area contributed by atoms with E-state index in [2.05, 4.69) is 21.2 Å². The number of piperazine rings is 1. The van der Waals surface area contributed by atoms with Crippen molar-refractivity contribution < 1.29 is 9.59 Å². The molecule has 5 heteroatoms. The average molecular weight is 263 g/mol. The molecule has 0 atom stereocenters. The summed E-state index contributed by atoms with van der Waals surface area (Å²) in [6.45, 7) is 1.47. The second-order valence-electron chi connectivity index (χ2n) is 3.31. The third kappa shape index (κ3) is 3.65. The number of carbonyl (C=O) groups is 2. The second kappa shape index (κ2) is 6.01. The monoisotopic (exact) mass is 262 g/mol. The van der Waals surface area contributed by atoms with Crippen LogP contribution >= 0.6 is 15.9 Å². The molecule has 0 spiro atoms. The zero-order valence-corrected chi connectivity index (χ0v) is 9.68. The van der Waals surface area contributed by atoms with E-state index in [4.69, 9.17) is 0 Å². The number of rotatable bonds is 4. The van der Waals surface area contributed by atoms with Gasteiger partial charge in [0.05, 0.1) is 6.54 Å². The summed E-state index contributed by atoms with van der Waals surface area (Å²) in [7, 11) is 0. The Morgan fingerprint density at radius 2 is 2.29 bits per heavy atom. The number of unbranched alkanes of at least 4 members (excludes halogenated alkanes) is 1. The van der Waals surface area contributed by atoms with Gasteiger partial charge in [-0.2, -0.15) is 0 Å². The number of carbonyl (C=O) groups excluding carboxylic acids is 2. The van der Waals surface area contributed by atoms with Crippen molar-refractivity contribution in [2.24, 2.45) is 0 Å². The molecule has 1 heterocycles. The molecule has 0 unspecified atom stereocenters. The molecule has 0 bridgehead atoms. The molecule has 0 radical (unpaired) electrons. The largest absolute Gasteiger partial charge is 0.353 e. The van der Waals surface area contributed by atoms with E-state index in [0.717, 1.165) is 18.2 Å². The standard InChI is InChI=1S/C9H15BrN2O2/c10-4-2-1-3-9(14)12-6-5-11-8(13)7-12/h1-7H2,(H,11,13). The topological polar surface area (TPSA) is 49.4 Å². The van der Waals surface area contributed by atoms with Crippen molar-refractivity contribution in [3.05, 3.63) is 0 Å². The molecule has 0 saturated carbocycles. The molecule has 80 valence electrons. The predicted molar refractivity (Wildman–Crippen MR) is 57.2 cm³/mol. The minimum atomic E-state index is -0.0508. The highest BCUT2D eigenvalue weighted by atomic mass is 79.9. The summed E-state index contributed by atoms with van der Waals surface area (Å²) in [6.07, 6.45) is 2.45. The van der Waals surface area contributed by atoms with Crippen LogP contribution in [0.1, 0.15) is 19.3 Å². The van der Waals surface area contributed by atoms with Gasteiger partial charge in [-0.3, -0.25) is 9.59 Å². The molecule has 4 nitrogen and oxygen atoms in total. The van der Waals surface area contributed by atoms with Crippen molar-refractivity contribution in [3.63, 3.8) is 0 Å². The summed E-state index contributed by atoms with van der Waals surface area (Å²) in [5, 5.41) is 3.63. The number of hydrogen-bond donors (Lipinski definition) is 1. The third-order valence-corrected chi connectivity index (χ3v) is 2.73. The van der Waals surface area contributed by atoms with Crippen molar-refractivity contribution in [3.8, 4) is 0 Å². The van der Waals surface area contributed by atoms with Crippen molar-refractivity contribution in [1.82, 2.24) is 10.2 Å². The first-order chi connectivity index (χ1) is 6.74. The highest BCUT2D eigenvalue weighted by molar-refractivity contribution is 9.09.